The summed E-state index contributed by atoms with van der Waals surface area (Å²) in [5.74, 6) is 2.51. The molecule has 0 bridgehead atoms. The molecule has 27 heavy (non-hydrogen) atoms. The third-order valence-corrected chi connectivity index (χ3v) is 4.12. The molecule has 3 aromatic rings. The molecule has 0 amide bonds. The summed E-state index contributed by atoms with van der Waals surface area (Å²) in [7, 11) is 6.46. The first kappa shape index (κ1) is 18.8. The third kappa shape index (κ3) is 4.06. The van der Waals surface area contributed by atoms with Crippen LogP contribution in [0.1, 0.15) is 6.42 Å². The highest BCUT2D eigenvalue weighted by Crippen LogP contribution is 2.40. The van der Waals surface area contributed by atoms with Gasteiger partial charge in [0.1, 0.15) is 5.82 Å². The van der Waals surface area contributed by atoms with Crippen molar-refractivity contribution < 1.29 is 18.9 Å². The zero-order chi connectivity index (χ0) is 19.2. The van der Waals surface area contributed by atoms with Crippen LogP contribution in [0.15, 0.2) is 30.5 Å². The standard InChI is InChI=1S/C19H24N4O4/c1-24-9-5-7-20-17-6-8-23-18(21-17)12-14(22-23)13-10-15(25-2)19(27-4)16(11-13)26-3/h6,8,10-12H,5,7,9H2,1-4H3,(H,20,21). The van der Waals surface area contributed by atoms with E-state index in [-0.39, 0.29) is 0 Å². The SMILES string of the molecule is COCCCNc1ccn2nc(-c3cc(OC)c(OC)c(OC)c3)cc2n1. The van der Waals surface area contributed by atoms with Crippen molar-refractivity contribution >= 4 is 11.5 Å². The fourth-order valence-corrected chi connectivity index (χ4v) is 2.78. The Morgan fingerprint density at radius 3 is 2.37 bits per heavy atom. The summed E-state index contributed by atoms with van der Waals surface area (Å²) in [4.78, 5) is 4.60. The van der Waals surface area contributed by atoms with Gasteiger partial charge in [-0.05, 0) is 24.6 Å². The molecule has 0 saturated heterocycles. The van der Waals surface area contributed by atoms with Gasteiger partial charge in [0.15, 0.2) is 17.1 Å². The summed E-state index contributed by atoms with van der Waals surface area (Å²) in [5, 5.41) is 7.88. The summed E-state index contributed by atoms with van der Waals surface area (Å²) in [6, 6.07) is 7.55. The summed E-state index contributed by atoms with van der Waals surface area (Å²) >= 11 is 0. The minimum absolute atomic E-state index is 0.549. The molecule has 0 spiro atoms. The number of fused-ring (bicyclic) bond motifs is 1. The molecule has 8 nitrogen and oxygen atoms in total. The molecule has 0 atom stereocenters. The molecule has 144 valence electrons. The first-order chi connectivity index (χ1) is 13.2. The molecule has 3 rings (SSSR count). The lowest BCUT2D eigenvalue weighted by molar-refractivity contribution is 0.198. The second-order valence-corrected chi connectivity index (χ2v) is 5.83. The smallest absolute Gasteiger partial charge is 0.203 e. The number of methoxy groups -OCH3 is 4. The Balaban J connectivity index is 1.91. The van der Waals surface area contributed by atoms with E-state index in [0.29, 0.717) is 23.9 Å². The topological polar surface area (TPSA) is 79.1 Å². The number of ether oxygens (including phenoxy) is 4. The lowest BCUT2D eigenvalue weighted by atomic mass is 10.1. The van der Waals surface area contributed by atoms with Crippen LogP contribution in [0.5, 0.6) is 17.2 Å². The number of hydrogen-bond acceptors (Lipinski definition) is 7. The summed E-state index contributed by atoms with van der Waals surface area (Å²) in [5.41, 5.74) is 2.36. The molecule has 0 aliphatic heterocycles. The lowest BCUT2D eigenvalue weighted by Crippen LogP contribution is -2.06. The predicted molar refractivity (Wildman–Crippen MR) is 103 cm³/mol. The van der Waals surface area contributed by atoms with E-state index in [0.717, 1.165) is 35.7 Å². The van der Waals surface area contributed by atoms with Gasteiger partial charge in [-0.3, -0.25) is 0 Å². The third-order valence-electron chi connectivity index (χ3n) is 4.12. The van der Waals surface area contributed by atoms with Gasteiger partial charge in [-0.2, -0.15) is 5.10 Å². The Kier molecular flexibility index (Phi) is 5.97. The van der Waals surface area contributed by atoms with Crippen LogP contribution in [-0.4, -0.2) is 56.2 Å². The summed E-state index contributed by atoms with van der Waals surface area (Å²) in [6.45, 7) is 1.51. The van der Waals surface area contributed by atoms with Gasteiger partial charge in [-0.1, -0.05) is 0 Å². The van der Waals surface area contributed by atoms with Gasteiger partial charge in [0.25, 0.3) is 0 Å². The Morgan fingerprint density at radius 1 is 1.00 bits per heavy atom. The molecule has 1 aromatic carbocycles. The molecule has 2 heterocycles. The van der Waals surface area contributed by atoms with E-state index in [1.54, 1.807) is 33.0 Å². The fraction of sp³-hybridized carbons (Fsp3) is 0.368. The number of benzene rings is 1. The highest BCUT2D eigenvalue weighted by atomic mass is 16.5. The number of aromatic nitrogens is 3. The number of nitrogens with one attached hydrogen (secondary N) is 1. The molecular formula is C19H24N4O4. The van der Waals surface area contributed by atoms with Crippen molar-refractivity contribution in [3.8, 4) is 28.5 Å². The number of rotatable bonds is 9. The van der Waals surface area contributed by atoms with Crippen LogP contribution in [0.3, 0.4) is 0 Å². The van der Waals surface area contributed by atoms with Gasteiger partial charge in [0.05, 0.1) is 27.0 Å². The maximum Gasteiger partial charge on any atom is 0.203 e. The zero-order valence-corrected chi connectivity index (χ0v) is 16.0. The van der Waals surface area contributed by atoms with Crippen LogP contribution in [-0.2, 0) is 4.74 Å². The summed E-state index contributed by atoms with van der Waals surface area (Å²) in [6.07, 6.45) is 2.79. The fourth-order valence-electron chi connectivity index (χ4n) is 2.78. The molecule has 0 fully saturated rings. The first-order valence-corrected chi connectivity index (χ1v) is 8.59. The maximum absolute atomic E-state index is 5.42. The van der Waals surface area contributed by atoms with Crippen LogP contribution in [0.4, 0.5) is 5.82 Å². The second kappa shape index (κ2) is 8.59. The van der Waals surface area contributed by atoms with Crippen molar-refractivity contribution in [2.24, 2.45) is 0 Å². The molecule has 0 saturated carbocycles. The Labute approximate surface area is 158 Å². The van der Waals surface area contributed by atoms with Crippen LogP contribution >= 0.6 is 0 Å². The van der Waals surface area contributed by atoms with Crippen molar-refractivity contribution in [3.63, 3.8) is 0 Å². The van der Waals surface area contributed by atoms with Crippen LogP contribution in [0.25, 0.3) is 16.9 Å². The zero-order valence-electron chi connectivity index (χ0n) is 16.0. The van der Waals surface area contributed by atoms with Gasteiger partial charge in [-0.15, -0.1) is 0 Å². The molecule has 0 aliphatic carbocycles. The second-order valence-electron chi connectivity index (χ2n) is 5.83. The molecule has 0 radical (unpaired) electrons. The van der Waals surface area contributed by atoms with Gasteiger partial charge in [-0.25, -0.2) is 9.50 Å². The number of anilines is 1. The van der Waals surface area contributed by atoms with E-state index in [1.807, 2.05) is 30.5 Å². The first-order valence-electron chi connectivity index (χ1n) is 8.59. The van der Waals surface area contributed by atoms with Gasteiger partial charge < -0.3 is 24.3 Å². The van der Waals surface area contributed by atoms with E-state index in [9.17, 15) is 0 Å². The van der Waals surface area contributed by atoms with Gasteiger partial charge in [0.2, 0.25) is 5.75 Å². The van der Waals surface area contributed by atoms with Crippen molar-refractivity contribution in [1.82, 2.24) is 14.6 Å². The highest BCUT2D eigenvalue weighted by molar-refractivity contribution is 5.71. The maximum atomic E-state index is 5.42. The lowest BCUT2D eigenvalue weighted by Gasteiger charge is -2.13. The van der Waals surface area contributed by atoms with E-state index >= 15 is 0 Å². The molecule has 2 aromatic heterocycles. The number of hydrogen-bond donors (Lipinski definition) is 1. The Bertz CT molecular complexity index is 885. The largest absolute Gasteiger partial charge is 0.493 e. The van der Waals surface area contributed by atoms with Crippen molar-refractivity contribution in [2.75, 3.05) is 46.9 Å². The van der Waals surface area contributed by atoms with Gasteiger partial charge in [0, 0.05) is 38.1 Å². The monoisotopic (exact) mass is 372 g/mol. The Morgan fingerprint density at radius 2 is 1.74 bits per heavy atom. The van der Waals surface area contributed by atoms with E-state index in [2.05, 4.69) is 15.4 Å². The normalized spacial score (nSPS) is 10.8. The average molecular weight is 372 g/mol. The molecule has 8 heteroatoms. The quantitative estimate of drug-likeness (QED) is 0.579. The van der Waals surface area contributed by atoms with E-state index < -0.39 is 0 Å². The van der Waals surface area contributed by atoms with Crippen LogP contribution in [0, 0.1) is 0 Å². The molecular weight excluding hydrogens is 348 g/mol. The van der Waals surface area contributed by atoms with Gasteiger partial charge >= 0.3 is 0 Å². The van der Waals surface area contributed by atoms with Crippen LogP contribution < -0.4 is 19.5 Å². The average Bonchev–Trinajstić information content (AvgIpc) is 3.13. The Hall–Kier alpha value is -3.00. The molecule has 0 unspecified atom stereocenters. The molecule has 0 aliphatic rings. The minimum atomic E-state index is 0.549. The van der Waals surface area contributed by atoms with E-state index in [1.165, 1.54) is 0 Å². The minimum Gasteiger partial charge on any atom is -0.493 e. The highest BCUT2D eigenvalue weighted by Gasteiger charge is 2.16. The summed E-state index contributed by atoms with van der Waals surface area (Å²) < 4.78 is 23.0. The predicted octanol–water partition coefficient (Wildman–Crippen LogP) is 2.87. The van der Waals surface area contributed by atoms with Crippen molar-refractivity contribution in [3.05, 3.63) is 30.5 Å². The number of nitrogens with zero attached hydrogens (tertiary/aromatic N) is 3. The molecule has 1 N–H and O–H groups in total. The van der Waals surface area contributed by atoms with E-state index in [4.69, 9.17) is 18.9 Å². The van der Waals surface area contributed by atoms with Crippen molar-refractivity contribution in [1.29, 1.82) is 0 Å². The van der Waals surface area contributed by atoms with Crippen molar-refractivity contribution in [2.45, 2.75) is 6.42 Å². The van der Waals surface area contributed by atoms with Crippen LogP contribution in [0.2, 0.25) is 0 Å².